The number of alkyl halides is 3. The topological polar surface area (TPSA) is 64.4 Å². The molecule has 1 unspecified atom stereocenters. The van der Waals surface area contributed by atoms with Crippen LogP contribution in [0.4, 0.5) is 18.9 Å². The van der Waals surface area contributed by atoms with E-state index in [-0.39, 0.29) is 23.2 Å². The Labute approximate surface area is 124 Å². The molecule has 0 bridgehead atoms. The minimum Gasteiger partial charge on any atom is -0.404 e. The Morgan fingerprint density at radius 2 is 2.19 bits per heavy atom. The van der Waals surface area contributed by atoms with Crippen molar-refractivity contribution in [3.05, 3.63) is 23.8 Å². The number of benzene rings is 1. The highest BCUT2D eigenvalue weighted by Crippen LogP contribution is 2.29. The van der Waals surface area contributed by atoms with Gasteiger partial charge < -0.3 is 15.8 Å². The van der Waals surface area contributed by atoms with Gasteiger partial charge in [0, 0.05) is 17.4 Å². The molecule has 1 aromatic carbocycles. The smallest absolute Gasteiger partial charge is 0.404 e. The van der Waals surface area contributed by atoms with E-state index in [9.17, 15) is 18.0 Å². The first-order valence-electron chi connectivity index (χ1n) is 6.39. The molecule has 8 heteroatoms. The molecule has 1 fully saturated rings. The number of carbonyl (C=O) groups is 1. The summed E-state index contributed by atoms with van der Waals surface area (Å²) in [5.74, 6) is 1.08. The van der Waals surface area contributed by atoms with Crippen LogP contribution in [-0.4, -0.2) is 29.8 Å². The Morgan fingerprint density at radius 3 is 2.76 bits per heavy atom. The monoisotopic (exact) mass is 320 g/mol. The van der Waals surface area contributed by atoms with E-state index in [0.717, 1.165) is 30.4 Å². The molecule has 116 valence electrons. The molecule has 1 aromatic rings. The van der Waals surface area contributed by atoms with Crippen LogP contribution in [0, 0.1) is 0 Å². The number of nitrogen functional groups attached to an aromatic ring is 1. The number of rotatable bonds is 3. The molecule has 0 saturated carbocycles. The largest absolute Gasteiger partial charge is 0.573 e. The Kier molecular flexibility index (Phi) is 4.87. The summed E-state index contributed by atoms with van der Waals surface area (Å²) in [4.78, 5) is 12.0. The van der Waals surface area contributed by atoms with Gasteiger partial charge in [0.05, 0.1) is 5.69 Å². The number of hydrogen-bond acceptors (Lipinski definition) is 4. The third-order valence-corrected chi connectivity index (χ3v) is 4.21. The molecule has 21 heavy (non-hydrogen) atoms. The van der Waals surface area contributed by atoms with E-state index in [1.54, 1.807) is 11.8 Å². The van der Waals surface area contributed by atoms with Gasteiger partial charge in [0.25, 0.3) is 5.91 Å². The van der Waals surface area contributed by atoms with Crippen LogP contribution in [0.1, 0.15) is 23.2 Å². The highest BCUT2D eigenvalue weighted by atomic mass is 32.2. The van der Waals surface area contributed by atoms with Crippen molar-refractivity contribution in [2.24, 2.45) is 0 Å². The second-order valence-corrected chi connectivity index (χ2v) is 5.84. The Bertz CT molecular complexity index is 517. The number of halogens is 3. The van der Waals surface area contributed by atoms with Crippen molar-refractivity contribution < 1.29 is 22.7 Å². The second kappa shape index (κ2) is 6.46. The molecule has 1 saturated heterocycles. The van der Waals surface area contributed by atoms with Gasteiger partial charge in [-0.25, -0.2) is 0 Å². The van der Waals surface area contributed by atoms with E-state index in [1.165, 1.54) is 12.1 Å². The van der Waals surface area contributed by atoms with Crippen molar-refractivity contribution in [3.63, 3.8) is 0 Å². The molecular weight excluding hydrogens is 305 g/mol. The predicted molar refractivity (Wildman–Crippen MR) is 75.4 cm³/mol. The molecule has 3 N–H and O–H groups in total. The molecule has 0 aliphatic carbocycles. The van der Waals surface area contributed by atoms with Gasteiger partial charge in [0.1, 0.15) is 0 Å². The summed E-state index contributed by atoms with van der Waals surface area (Å²) in [5.41, 5.74) is 5.49. The van der Waals surface area contributed by atoms with E-state index in [1.807, 2.05) is 0 Å². The lowest BCUT2D eigenvalue weighted by molar-refractivity contribution is -0.274. The maximum absolute atomic E-state index is 12.1. The Morgan fingerprint density at radius 1 is 1.43 bits per heavy atom. The first kappa shape index (κ1) is 15.8. The number of hydrogen-bond donors (Lipinski definition) is 2. The first-order valence-corrected chi connectivity index (χ1v) is 7.54. The summed E-state index contributed by atoms with van der Waals surface area (Å²) in [6.45, 7) is 0. The number of nitrogens with one attached hydrogen (secondary N) is 1. The molecule has 1 aliphatic rings. The lowest BCUT2D eigenvalue weighted by Gasteiger charge is -2.22. The summed E-state index contributed by atoms with van der Waals surface area (Å²) in [7, 11) is 0. The third kappa shape index (κ3) is 4.73. The zero-order chi connectivity index (χ0) is 15.5. The highest BCUT2D eigenvalue weighted by molar-refractivity contribution is 7.99. The normalized spacial score (nSPS) is 19.1. The van der Waals surface area contributed by atoms with Crippen molar-refractivity contribution in [1.82, 2.24) is 5.32 Å². The zero-order valence-corrected chi connectivity index (χ0v) is 11.9. The standard InChI is InChI=1S/C13H15F3N2O2S/c14-13(15,16)20-11-4-3-8(6-10(11)17)12(19)18-9-2-1-5-21-7-9/h3-4,6,9H,1-2,5,7,17H2,(H,18,19). The van der Waals surface area contributed by atoms with Crippen molar-refractivity contribution in [2.45, 2.75) is 25.2 Å². The summed E-state index contributed by atoms with van der Waals surface area (Å²) in [5, 5.41) is 2.85. The molecule has 1 atom stereocenters. The number of amides is 1. The zero-order valence-electron chi connectivity index (χ0n) is 11.1. The number of thioether (sulfide) groups is 1. The van der Waals surface area contributed by atoms with Crippen LogP contribution in [0.25, 0.3) is 0 Å². The molecule has 4 nitrogen and oxygen atoms in total. The summed E-state index contributed by atoms with van der Waals surface area (Å²) in [6, 6.07) is 3.59. The maximum atomic E-state index is 12.1. The van der Waals surface area contributed by atoms with Gasteiger partial charge in [-0.15, -0.1) is 13.2 Å². The van der Waals surface area contributed by atoms with Crippen LogP contribution in [0.3, 0.4) is 0 Å². The van der Waals surface area contributed by atoms with Crippen molar-refractivity contribution in [3.8, 4) is 5.75 Å². The van der Waals surface area contributed by atoms with E-state index in [2.05, 4.69) is 10.1 Å². The number of anilines is 1. The quantitative estimate of drug-likeness (QED) is 0.841. The molecule has 0 aromatic heterocycles. The molecule has 1 aliphatic heterocycles. The van der Waals surface area contributed by atoms with Crippen molar-refractivity contribution in [1.29, 1.82) is 0 Å². The fourth-order valence-corrected chi connectivity index (χ4v) is 3.10. The second-order valence-electron chi connectivity index (χ2n) is 4.69. The lowest BCUT2D eigenvalue weighted by atomic mass is 10.1. The minimum absolute atomic E-state index is 0.0866. The van der Waals surface area contributed by atoms with Gasteiger partial charge in [-0.05, 0) is 36.8 Å². The van der Waals surface area contributed by atoms with Crippen LogP contribution in [0.15, 0.2) is 18.2 Å². The Hall–Kier alpha value is -1.57. The third-order valence-electron chi connectivity index (χ3n) is 2.99. The molecule has 0 spiro atoms. The Balaban J connectivity index is 2.03. The number of ether oxygens (including phenoxy) is 1. The van der Waals surface area contributed by atoms with Gasteiger partial charge in [0.2, 0.25) is 0 Å². The lowest BCUT2D eigenvalue weighted by Crippen LogP contribution is -2.38. The van der Waals surface area contributed by atoms with Crippen LogP contribution in [-0.2, 0) is 0 Å². The molecule has 2 rings (SSSR count). The predicted octanol–water partition coefficient (Wildman–Crippen LogP) is 2.79. The summed E-state index contributed by atoms with van der Waals surface area (Å²) < 4.78 is 40.1. The average molecular weight is 320 g/mol. The van der Waals surface area contributed by atoms with Gasteiger partial charge in [-0.2, -0.15) is 11.8 Å². The SMILES string of the molecule is Nc1cc(C(=O)NC2CCCSC2)ccc1OC(F)(F)F. The number of nitrogens with two attached hydrogens (primary N) is 1. The average Bonchev–Trinajstić information content (AvgIpc) is 2.40. The van der Waals surface area contributed by atoms with E-state index >= 15 is 0 Å². The number of carbonyl (C=O) groups excluding carboxylic acids is 1. The molecule has 1 heterocycles. The maximum Gasteiger partial charge on any atom is 0.573 e. The van der Waals surface area contributed by atoms with Gasteiger partial charge in [0.15, 0.2) is 5.75 Å². The van der Waals surface area contributed by atoms with E-state index < -0.39 is 12.1 Å². The fourth-order valence-electron chi connectivity index (χ4n) is 2.03. The fraction of sp³-hybridized carbons (Fsp3) is 0.462. The summed E-state index contributed by atoms with van der Waals surface area (Å²) in [6.07, 6.45) is -2.86. The van der Waals surface area contributed by atoms with E-state index in [0.29, 0.717) is 0 Å². The molecular formula is C13H15F3N2O2S. The minimum atomic E-state index is -4.81. The molecule has 0 radical (unpaired) electrons. The van der Waals surface area contributed by atoms with Gasteiger partial charge in [-0.3, -0.25) is 4.79 Å². The van der Waals surface area contributed by atoms with Crippen LogP contribution < -0.4 is 15.8 Å². The van der Waals surface area contributed by atoms with Crippen molar-refractivity contribution >= 4 is 23.4 Å². The van der Waals surface area contributed by atoms with E-state index in [4.69, 9.17) is 5.73 Å². The highest BCUT2D eigenvalue weighted by Gasteiger charge is 2.32. The van der Waals surface area contributed by atoms with Crippen LogP contribution >= 0.6 is 11.8 Å². The molecule has 1 amide bonds. The van der Waals surface area contributed by atoms with Crippen LogP contribution in [0.5, 0.6) is 5.75 Å². The summed E-state index contributed by atoms with van der Waals surface area (Å²) >= 11 is 1.77. The van der Waals surface area contributed by atoms with Crippen molar-refractivity contribution in [2.75, 3.05) is 17.2 Å². The van der Waals surface area contributed by atoms with Gasteiger partial charge in [-0.1, -0.05) is 0 Å². The van der Waals surface area contributed by atoms with Gasteiger partial charge >= 0.3 is 6.36 Å². The first-order chi connectivity index (χ1) is 9.85. The van der Waals surface area contributed by atoms with Crippen LogP contribution in [0.2, 0.25) is 0 Å².